The van der Waals surface area contributed by atoms with Crippen molar-refractivity contribution in [3.05, 3.63) is 35.9 Å². The summed E-state index contributed by atoms with van der Waals surface area (Å²) >= 11 is 0. The van der Waals surface area contributed by atoms with Gasteiger partial charge in [-0.2, -0.15) is 0 Å². The molecule has 3 heterocycles. The van der Waals surface area contributed by atoms with Gasteiger partial charge in [-0.3, -0.25) is 0 Å². The molecule has 0 aromatic heterocycles. The Morgan fingerprint density at radius 1 is 1.12 bits per heavy atom. The van der Waals surface area contributed by atoms with Crippen LogP contribution in [0.3, 0.4) is 0 Å². The first kappa shape index (κ1) is 9.16. The lowest BCUT2D eigenvalue weighted by molar-refractivity contribution is -0.220. The van der Waals surface area contributed by atoms with Crippen LogP contribution in [0.15, 0.2) is 30.3 Å². The first-order valence-corrected chi connectivity index (χ1v) is 5.80. The summed E-state index contributed by atoms with van der Waals surface area (Å²) in [6.07, 6.45) is 1.43. The number of benzene rings is 1. The summed E-state index contributed by atoms with van der Waals surface area (Å²) in [5, 5.41) is 0. The number of ether oxygens (including phenoxy) is 3. The van der Waals surface area contributed by atoms with Crippen molar-refractivity contribution in [1.29, 1.82) is 0 Å². The minimum Gasteiger partial charge on any atom is -0.373 e. The van der Waals surface area contributed by atoms with Gasteiger partial charge in [0.1, 0.15) is 6.61 Å². The fourth-order valence-electron chi connectivity index (χ4n) is 2.80. The predicted octanol–water partition coefficient (Wildman–Crippen LogP) is 1.47. The highest BCUT2D eigenvalue weighted by Crippen LogP contribution is 2.58. The SMILES string of the molecule is c1ccc(C2(CC3CO3)COC23CO3)cc1. The average Bonchev–Trinajstić information content (AvgIpc) is 3.17. The third-order valence-corrected chi connectivity index (χ3v) is 3.99. The molecule has 1 aromatic rings. The van der Waals surface area contributed by atoms with E-state index in [2.05, 4.69) is 24.3 Å². The molecule has 3 unspecified atom stereocenters. The Morgan fingerprint density at radius 2 is 1.88 bits per heavy atom. The monoisotopic (exact) mass is 218 g/mol. The van der Waals surface area contributed by atoms with Crippen molar-refractivity contribution in [2.45, 2.75) is 23.7 Å². The summed E-state index contributed by atoms with van der Waals surface area (Å²) < 4.78 is 16.6. The topological polar surface area (TPSA) is 34.3 Å². The molecule has 4 rings (SSSR count). The van der Waals surface area contributed by atoms with Crippen molar-refractivity contribution in [2.75, 3.05) is 19.8 Å². The molecule has 1 aromatic carbocycles. The van der Waals surface area contributed by atoms with Crippen molar-refractivity contribution in [3.63, 3.8) is 0 Å². The van der Waals surface area contributed by atoms with Crippen molar-refractivity contribution in [1.82, 2.24) is 0 Å². The van der Waals surface area contributed by atoms with E-state index in [4.69, 9.17) is 14.2 Å². The van der Waals surface area contributed by atoms with Crippen LogP contribution in [-0.2, 0) is 19.6 Å². The maximum absolute atomic E-state index is 5.65. The summed E-state index contributed by atoms with van der Waals surface area (Å²) in [6, 6.07) is 10.6. The Morgan fingerprint density at radius 3 is 2.38 bits per heavy atom. The highest BCUT2D eigenvalue weighted by Gasteiger charge is 2.72. The first-order chi connectivity index (χ1) is 7.85. The number of hydrogen-bond donors (Lipinski definition) is 0. The van der Waals surface area contributed by atoms with E-state index in [-0.39, 0.29) is 11.2 Å². The summed E-state index contributed by atoms with van der Waals surface area (Å²) in [5.74, 6) is -0.319. The van der Waals surface area contributed by atoms with Crippen LogP contribution in [0.2, 0.25) is 0 Å². The quantitative estimate of drug-likeness (QED) is 0.720. The van der Waals surface area contributed by atoms with Gasteiger partial charge in [0.2, 0.25) is 5.79 Å². The molecule has 16 heavy (non-hydrogen) atoms. The van der Waals surface area contributed by atoms with E-state index in [0.29, 0.717) is 6.10 Å². The molecule has 0 amide bonds. The van der Waals surface area contributed by atoms with Gasteiger partial charge >= 0.3 is 0 Å². The molecule has 3 aliphatic heterocycles. The Balaban J connectivity index is 1.73. The Kier molecular flexibility index (Phi) is 1.64. The molecule has 0 saturated carbocycles. The molecule has 0 aliphatic carbocycles. The van der Waals surface area contributed by atoms with E-state index in [1.54, 1.807) is 0 Å². The molecular formula is C13H14O3. The van der Waals surface area contributed by atoms with Gasteiger partial charge < -0.3 is 14.2 Å². The van der Waals surface area contributed by atoms with Gasteiger partial charge in [-0.25, -0.2) is 0 Å². The number of epoxide rings is 2. The van der Waals surface area contributed by atoms with Gasteiger partial charge in [-0.1, -0.05) is 30.3 Å². The van der Waals surface area contributed by atoms with E-state index < -0.39 is 0 Å². The van der Waals surface area contributed by atoms with Crippen LogP contribution in [0.5, 0.6) is 0 Å². The van der Waals surface area contributed by atoms with E-state index >= 15 is 0 Å². The van der Waals surface area contributed by atoms with Crippen molar-refractivity contribution in [3.8, 4) is 0 Å². The molecule has 3 aliphatic rings. The second-order valence-corrected chi connectivity index (χ2v) is 4.94. The molecule has 1 spiro atoms. The Labute approximate surface area is 94.3 Å². The van der Waals surface area contributed by atoms with E-state index in [1.165, 1.54) is 5.56 Å². The van der Waals surface area contributed by atoms with Crippen LogP contribution in [0.1, 0.15) is 12.0 Å². The number of hydrogen-bond acceptors (Lipinski definition) is 3. The molecule has 3 saturated heterocycles. The summed E-state index contributed by atoms with van der Waals surface area (Å²) in [7, 11) is 0. The highest BCUT2D eigenvalue weighted by molar-refractivity contribution is 5.35. The average molecular weight is 218 g/mol. The van der Waals surface area contributed by atoms with E-state index in [9.17, 15) is 0 Å². The second kappa shape index (κ2) is 2.86. The van der Waals surface area contributed by atoms with Gasteiger partial charge in [0, 0.05) is 0 Å². The fourth-order valence-corrected chi connectivity index (χ4v) is 2.80. The van der Waals surface area contributed by atoms with E-state index in [1.807, 2.05) is 6.07 Å². The zero-order valence-electron chi connectivity index (χ0n) is 9.02. The van der Waals surface area contributed by atoms with Crippen molar-refractivity contribution < 1.29 is 14.2 Å². The molecule has 0 radical (unpaired) electrons. The normalized spacial score (nSPS) is 44.1. The lowest BCUT2D eigenvalue weighted by Gasteiger charge is -2.47. The highest BCUT2D eigenvalue weighted by atomic mass is 16.8. The van der Waals surface area contributed by atoms with Crippen molar-refractivity contribution in [2.24, 2.45) is 0 Å². The van der Waals surface area contributed by atoms with Crippen LogP contribution in [0, 0.1) is 0 Å². The van der Waals surface area contributed by atoms with Gasteiger partial charge in [0.25, 0.3) is 0 Å². The van der Waals surface area contributed by atoms with Crippen molar-refractivity contribution >= 4 is 0 Å². The van der Waals surface area contributed by atoms with Crippen LogP contribution in [0.25, 0.3) is 0 Å². The lowest BCUT2D eigenvalue weighted by atomic mass is 9.69. The zero-order chi connectivity index (χ0) is 10.6. The van der Waals surface area contributed by atoms with Crippen LogP contribution in [-0.4, -0.2) is 31.7 Å². The van der Waals surface area contributed by atoms with Gasteiger partial charge in [0.15, 0.2) is 0 Å². The van der Waals surface area contributed by atoms with Crippen LogP contribution < -0.4 is 0 Å². The maximum Gasteiger partial charge on any atom is 0.204 e. The van der Waals surface area contributed by atoms with Crippen LogP contribution >= 0.6 is 0 Å². The van der Waals surface area contributed by atoms with Gasteiger partial charge in [-0.15, -0.1) is 0 Å². The number of rotatable bonds is 3. The zero-order valence-corrected chi connectivity index (χ0v) is 9.02. The molecule has 0 N–H and O–H groups in total. The van der Waals surface area contributed by atoms with Gasteiger partial charge in [0.05, 0.1) is 24.7 Å². The predicted molar refractivity (Wildman–Crippen MR) is 57.1 cm³/mol. The lowest BCUT2D eigenvalue weighted by Crippen LogP contribution is -2.59. The Hall–Kier alpha value is -0.900. The minimum atomic E-state index is -0.319. The Bertz CT molecular complexity index is 408. The standard InChI is InChI=1S/C13H14O3/c1-2-4-10(5-3-1)12(6-11-7-14-11)8-15-13(12)9-16-13/h1-5,11H,6-9H2. The fraction of sp³-hybridized carbons (Fsp3) is 0.538. The van der Waals surface area contributed by atoms with E-state index in [0.717, 1.165) is 26.2 Å². The molecular weight excluding hydrogens is 204 g/mol. The molecule has 3 atom stereocenters. The molecule has 3 fully saturated rings. The summed E-state index contributed by atoms with van der Waals surface area (Å²) in [4.78, 5) is 0. The first-order valence-electron chi connectivity index (χ1n) is 5.80. The van der Waals surface area contributed by atoms with Crippen LogP contribution in [0.4, 0.5) is 0 Å². The third-order valence-electron chi connectivity index (χ3n) is 3.99. The largest absolute Gasteiger partial charge is 0.373 e. The minimum absolute atomic E-state index is 0.0371. The smallest absolute Gasteiger partial charge is 0.204 e. The molecule has 3 nitrogen and oxygen atoms in total. The second-order valence-electron chi connectivity index (χ2n) is 4.94. The molecule has 3 heteroatoms. The molecule has 0 bridgehead atoms. The third kappa shape index (κ3) is 1.08. The summed E-state index contributed by atoms with van der Waals surface area (Å²) in [6.45, 7) is 2.39. The maximum atomic E-state index is 5.65. The summed E-state index contributed by atoms with van der Waals surface area (Å²) in [5.41, 5.74) is 1.37. The molecule has 84 valence electrons. The van der Waals surface area contributed by atoms with Gasteiger partial charge in [-0.05, 0) is 12.0 Å².